The normalized spacial score (nSPS) is 10.3. The number of nitrogens with one attached hydrogen (secondary N) is 1. The van der Waals surface area contributed by atoms with Crippen LogP contribution in [0, 0.1) is 0 Å². The van der Waals surface area contributed by atoms with Gasteiger partial charge in [0.15, 0.2) is 0 Å². The number of carbonyl (C=O) groups is 1. The highest BCUT2D eigenvalue weighted by Gasteiger charge is 2.07. The van der Waals surface area contributed by atoms with Gasteiger partial charge in [0.05, 0.1) is 4.34 Å². The molecule has 0 fully saturated rings. The summed E-state index contributed by atoms with van der Waals surface area (Å²) in [5.74, 6) is 0.0600. The van der Waals surface area contributed by atoms with Crippen LogP contribution in [0.25, 0.3) is 0 Å². The molecule has 20 heavy (non-hydrogen) atoms. The van der Waals surface area contributed by atoms with E-state index in [1.165, 1.54) is 4.88 Å². The molecule has 1 aromatic heterocycles. The van der Waals surface area contributed by atoms with Crippen LogP contribution >= 0.6 is 22.9 Å². The summed E-state index contributed by atoms with van der Waals surface area (Å²) in [6.45, 7) is 2.91. The first kappa shape index (κ1) is 14.9. The fourth-order valence-electron chi connectivity index (χ4n) is 1.83. The fourth-order valence-corrected chi connectivity index (χ4v) is 2.85. The first-order valence-electron chi connectivity index (χ1n) is 6.34. The molecule has 0 unspecified atom stereocenters. The van der Waals surface area contributed by atoms with Crippen molar-refractivity contribution in [2.45, 2.75) is 20.0 Å². The van der Waals surface area contributed by atoms with E-state index in [0.717, 1.165) is 22.1 Å². The minimum atomic E-state index is 0.0600. The summed E-state index contributed by atoms with van der Waals surface area (Å²) in [5, 5.41) is 3.40. The second kappa shape index (κ2) is 6.77. The van der Waals surface area contributed by atoms with Gasteiger partial charge in [-0.2, -0.15) is 0 Å². The van der Waals surface area contributed by atoms with Crippen LogP contribution in [0.2, 0.25) is 4.34 Å². The first-order chi connectivity index (χ1) is 9.56. The maximum Gasteiger partial charge on any atom is 0.219 e. The van der Waals surface area contributed by atoms with Gasteiger partial charge in [0.2, 0.25) is 5.91 Å². The standard InChI is InChI=1S/C15H17ClN2OS/c1-11(19)18(2)10-12-5-3-4-6-14(12)17-9-13-7-8-15(16)20-13/h3-8,17H,9-10H2,1-2H3. The van der Waals surface area contributed by atoms with Gasteiger partial charge in [-0.3, -0.25) is 4.79 Å². The van der Waals surface area contributed by atoms with Gasteiger partial charge in [-0.05, 0) is 23.8 Å². The lowest BCUT2D eigenvalue weighted by atomic mass is 10.1. The molecular formula is C15H17ClN2OS. The average molecular weight is 309 g/mol. The topological polar surface area (TPSA) is 32.3 Å². The van der Waals surface area contributed by atoms with Gasteiger partial charge in [-0.25, -0.2) is 0 Å². The highest BCUT2D eigenvalue weighted by molar-refractivity contribution is 7.16. The molecule has 3 nitrogen and oxygen atoms in total. The van der Waals surface area contributed by atoms with Crippen LogP contribution in [0.15, 0.2) is 36.4 Å². The molecule has 5 heteroatoms. The second-order valence-corrected chi connectivity index (χ2v) is 6.39. The Morgan fingerprint density at radius 2 is 2.05 bits per heavy atom. The summed E-state index contributed by atoms with van der Waals surface area (Å²) in [6.07, 6.45) is 0. The van der Waals surface area contributed by atoms with Crippen molar-refractivity contribution < 1.29 is 4.79 Å². The van der Waals surface area contributed by atoms with Crippen LogP contribution in [0.1, 0.15) is 17.4 Å². The lowest BCUT2D eigenvalue weighted by Crippen LogP contribution is -2.23. The lowest BCUT2D eigenvalue weighted by molar-refractivity contribution is -0.128. The van der Waals surface area contributed by atoms with Gasteiger partial charge in [0.1, 0.15) is 0 Å². The van der Waals surface area contributed by atoms with Gasteiger partial charge < -0.3 is 10.2 Å². The van der Waals surface area contributed by atoms with E-state index in [0.29, 0.717) is 6.54 Å². The van der Waals surface area contributed by atoms with E-state index in [1.807, 2.05) is 36.4 Å². The number of thiophene rings is 1. The third-order valence-electron chi connectivity index (χ3n) is 3.04. The van der Waals surface area contributed by atoms with Crippen LogP contribution in [0.4, 0.5) is 5.69 Å². The van der Waals surface area contributed by atoms with E-state index in [1.54, 1.807) is 30.2 Å². The number of amides is 1. The summed E-state index contributed by atoms with van der Waals surface area (Å²) in [5.41, 5.74) is 2.15. The van der Waals surface area contributed by atoms with Crippen LogP contribution < -0.4 is 5.32 Å². The van der Waals surface area contributed by atoms with Crippen molar-refractivity contribution in [3.05, 3.63) is 51.2 Å². The molecule has 0 aliphatic carbocycles. The number of nitrogens with zero attached hydrogens (tertiary/aromatic N) is 1. The number of rotatable bonds is 5. The minimum Gasteiger partial charge on any atom is -0.380 e. The lowest BCUT2D eigenvalue weighted by Gasteiger charge is -2.18. The maximum atomic E-state index is 11.3. The largest absolute Gasteiger partial charge is 0.380 e. The molecule has 1 heterocycles. The Morgan fingerprint density at radius 1 is 1.30 bits per heavy atom. The number of para-hydroxylation sites is 1. The summed E-state index contributed by atoms with van der Waals surface area (Å²) in [4.78, 5) is 14.2. The molecule has 0 aliphatic heterocycles. The Balaban J connectivity index is 2.05. The number of hydrogen-bond donors (Lipinski definition) is 1. The van der Waals surface area contributed by atoms with E-state index < -0.39 is 0 Å². The number of halogens is 1. The predicted molar refractivity (Wildman–Crippen MR) is 85.2 cm³/mol. The highest BCUT2D eigenvalue weighted by Crippen LogP contribution is 2.23. The smallest absolute Gasteiger partial charge is 0.219 e. The van der Waals surface area contributed by atoms with E-state index >= 15 is 0 Å². The second-order valence-electron chi connectivity index (χ2n) is 4.59. The van der Waals surface area contributed by atoms with Crippen molar-refractivity contribution >= 4 is 34.5 Å². The van der Waals surface area contributed by atoms with E-state index in [4.69, 9.17) is 11.6 Å². The molecule has 106 valence electrons. The predicted octanol–water partition coefficient (Wildman–Crippen LogP) is 3.99. The summed E-state index contributed by atoms with van der Waals surface area (Å²) < 4.78 is 0.798. The molecular weight excluding hydrogens is 292 g/mol. The third kappa shape index (κ3) is 3.99. The Labute approximate surface area is 128 Å². The van der Waals surface area contributed by atoms with Crippen molar-refractivity contribution in [1.82, 2.24) is 4.90 Å². The van der Waals surface area contributed by atoms with Crippen molar-refractivity contribution in [2.75, 3.05) is 12.4 Å². The minimum absolute atomic E-state index is 0.0600. The molecule has 2 aromatic rings. The molecule has 0 atom stereocenters. The average Bonchev–Trinajstić information content (AvgIpc) is 2.83. The van der Waals surface area contributed by atoms with Gasteiger partial charge in [0.25, 0.3) is 0 Å². The van der Waals surface area contributed by atoms with Crippen molar-refractivity contribution in [1.29, 1.82) is 0 Å². The molecule has 0 saturated carbocycles. The molecule has 0 aliphatic rings. The zero-order valence-corrected chi connectivity index (χ0v) is 13.1. The van der Waals surface area contributed by atoms with E-state index in [9.17, 15) is 4.79 Å². The molecule has 1 aromatic carbocycles. The monoisotopic (exact) mass is 308 g/mol. The molecule has 0 saturated heterocycles. The number of carbonyl (C=O) groups excluding carboxylic acids is 1. The zero-order chi connectivity index (χ0) is 14.5. The van der Waals surface area contributed by atoms with Crippen LogP contribution in [0.3, 0.4) is 0 Å². The maximum absolute atomic E-state index is 11.3. The zero-order valence-electron chi connectivity index (χ0n) is 11.5. The molecule has 0 bridgehead atoms. The Kier molecular flexibility index (Phi) is 5.04. The van der Waals surface area contributed by atoms with Crippen molar-refractivity contribution in [3.8, 4) is 0 Å². The van der Waals surface area contributed by atoms with Gasteiger partial charge in [-0.15, -0.1) is 11.3 Å². The molecule has 0 spiro atoms. The molecule has 1 amide bonds. The summed E-state index contributed by atoms with van der Waals surface area (Å²) in [7, 11) is 1.80. The first-order valence-corrected chi connectivity index (χ1v) is 7.53. The van der Waals surface area contributed by atoms with Crippen LogP contribution in [-0.2, 0) is 17.9 Å². The van der Waals surface area contributed by atoms with Crippen molar-refractivity contribution in [3.63, 3.8) is 0 Å². The van der Waals surface area contributed by atoms with Crippen LogP contribution in [-0.4, -0.2) is 17.9 Å². The highest BCUT2D eigenvalue weighted by atomic mass is 35.5. The summed E-state index contributed by atoms with van der Waals surface area (Å²) >= 11 is 7.49. The van der Waals surface area contributed by atoms with E-state index in [2.05, 4.69) is 5.32 Å². The Hall–Kier alpha value is -1.52. The summed E-state index contributed by atoms with van der Waals surface area (Å²) in [6, 6.07) is 11.9. The van der Waals surface area contributed by atoms with Gasteiger partial charge >= 0.3 is 0 Å². The van der Waals surface area contributed by atoms with Gasteiger partial charge in [-0.1, -0.05) is 29.8 Å². The number of benzene rings is 1. The third-order valence-corrected chi connectivity index (χ3v) is 4.28. The fraction of sp³-hybridized carbons (Fsp3) is 0.267. The molecule has 0 radical (unpaired) electrons. The van der Waals surface area contributed by atoms with E-state index in [-0.39, 0.29) is 5.91 Å². The Bertz CT molecular complexity index is 597. The quantitative estimate of drug-likeness (QED) is 0.905. The van der Waals surface area contributed by atoms with Crippen LogP contribution in [0.5, 0.6) is 0 Å². The molecule has 1 N–H and O–H groups in total. The number of hydrogen-bond acceptors (Lipinski definition) is 3. The molecule has 2 rings (SSSR count). The van der Waals surface area contributed by atoms with Crippen molar-refractivity contribution in [2.24, 2.45) is 0 Å². The Morgan fingerprint density at radius 3 is 2.70 bits per heavy atom. The van der Waals surface area contributed by atoms with Gasteiger partial charge in [0, 0.05) is 37.6 Å². The number of anilines is 1. The SMILES string of the molecule is CC(=O)N(C)Cc1ccccc1NCc1ccc(Cl)s1.